The molecule has 5 heteroatoms. The average molecular weight is 375 g/mol. The van der Waals surface area contributed by atoms with Gasteiger partial charge in [-0.1, -0.05) is 56.0 Å². The normalized spacial score (nSPS) is 8.57. The number of rotatable bonds is 9. The van der Waals surface area contributed by atoms with E-state index in [-0.39, 0.29) is 13.2 Å². The molecule has 4 nitrogen and oxygen atoms in total. The van der Waals surface area contributed by atoms with E-state index >= 15 is 0 Å². The van der Waals surface area contributed by atoms with Gasteiger partial charge in [-0.3, -0.25) is 0 Å². The number of hydrogen-bond acceptors (Lipinski definition) is 4. The summed E-state index contributed by atoms with van der Waals surface area (Å²) < 4.78 is 9.47. The molecule has 0 aliphatic rings. The van der Waals surface area contributed by atoms with Crippen LogP contribution < -0.4 is 0 Å². The van der Waals surface area contributed by atoms with E-state index < -0.39 is 0 Å². The van der Waals surface area contributed by atoms with Gasteiger partial charge in [0.1, 0.15) is 0 Å². The summed E-state index contributed by atoms with van der Waals surface area (Å²) in [5.74, 6) is 0. The third kappa shape index (κ3) is 78.5. The molecule has 2 N–H and O–H groups in total. The number of ether oxygens (including phenoxy) is 2. The summed E-state index contributed by atoms with van der Waals surface area (Å²) in [4.78, 5) is 0. The summed E-state index contributed by atoms with van der Waals surface area (Å²) >= 11 is 3.31. The highest BCUT2D eigenvalue weighted by Crippen LogP contribution is 1.89. The molecular formula is C16H39BrO4. The van der Waals surface area contributed by atoms with Crippen molar-refractivity contribution in [2.45, 2.75) is 60.3 Å². The van der Waals surface area contributed by atoms with Crippen LogP contribution in [0.3, 0.4) is 0 Å². The average Bonchev–Trinajstić information content (AvgIpc) is 2.51. The van der Waals surface area contributed by atoms with Gasteiger partial charge in [-0.2, -0.15) is 0 Å². The maximum absolute atomic E-state index is 8.09. The van der Waals surface area contributed by atoms with Crippen LogP contribution in [0.2, 0.25) is 0 Å². The Balaban J connectivity index is -0.0000000939. The summed E-state index contributed by atoms with van der Waals surface area (Å²) in [5, 5.41) is 17.3. The fourth-order valence-corrected chi connectivity index (χ4v) is 1.13. The zero-order chi connectivity index (χ0) is 17.2. The van der Waals surface area contributed by atoms with E-state index in [2.05, 4.69) is 41.4 Å². The van der Waals surface area contributed by atoms with Gasteiger partial charge >= 0.3 is 0 Å². The molecule has 0 aliphatic heterocycles. The van der Waals surface area contributed by atoms with Crippen molar-refractivity contribution in [3.63, 3.8) is 0 Å². The lowest BCUT2D eigenvalue weighted by molar-refractivity contribution is 0.0650. The molecule has 21 heavy (non-hydrogen) atoms. The van der Waals surface area contributed by atoms with Gasteiger partial charge in [0.25, 0.3) is 0 Å². The van der Waals surface area contributed by atoms with Crippen molar-refractivity contribution in [2.24, 2.45) is 0 Å². The number of hydrogen-bond donors (Lipinski definition) is 2. The summed E-state index contributed by atoms with van der Waals surface area (Å²) in [7, 11) is 0. The molecule has 0 fully saturated rings. The Morgan fingerprint density at radius 3 is 1.24 bits per heavy atom. The number of alkyl halides is 1. The van der Waals surface area contributed by atoms with Gasteiger partial charge < -0.3 is 19.7 Å². The van der Waals surface area contributed by atoms with Crippen molar-refractivity contribution in [3.8, 4) is 0 Å². The zero-order valence-electron chi connectivity index (χ0n) is 14.9. The standard InChI is InChI=1S/C4H9Br.C4H10O3.C4H10O.C4H10/c1-2-3-4-5;5-1-3-7-4-2-6;1-3-5-4-2;1-3-4-2/h2-4H2,1H3;5-6H,1-4H2;3-4H2,1-2H3;3-4H2,1-2H3. The molecule has 0 aromatic heterocycles. The first-order valence-electron chi connectivity index (χ1n) is 8.09. The molecule has 0 aromatic carbocycles. The summed E-state index contributed by atoms with van der Waals surface area (Å²) in [6.07, 6.45) is 5.24. The Kier molecular flexibility index (Phi) is 59.7. The maximum Gasteiger partial charge on any atom is 0.0698 e. The first-order valence-corrected chi connectivity index (χ1v) is 9.21. The van der Waals surface area contributed by atoms with Crippen LogP contribution in [-0.4, -0.2) is 55.2 Å². The minimum absolute atomic E-state index is 0.0278. The predicted molar refractivity (Wildman–Crippen MR) is 96.4 cm³/mol. The van der Waals surface area contributed by atoms with Crippen molar-refractivity contribution in [2.75, 3.05) is 45.0 Å². The van der Waals surface area contributed by atoms with Crippen LogP contribution in [0.25, 0.3) is 0 Å². The van der Waals surface area contributed by atoms with Crippen LogP contribution in [0.5, 0.6) is 0 Å². The van der Waals surface area contributed by atoms with Crippen LogP contribution in [0.4, 0.5) is 0 Å². The third-order valence-corrected chi connectivity index (χ3v) is 2.43. The van der Waals surface area contributed by atoms with E-state index in [9.17, 15) is 0 Å². The largest absolute Gasteiger partial charge is 0.394 e. The fraction of sp³-hybridized carbons (Fsp3) is 1.00. The van der Waals surface area contributed by atoms with Crippen LogP contribution in [0.1, 0.15) is 60.3 Å². The Morgan fingerprint density at radius 2 is 1.14 bits per heavy atom. The summed E-state index contributed by atoms with van der Waals surface area (Å²) in [5.41, 5.74) is 0. The van der Waals surface area contributed by atoms with Crippen LogP contribution in [0.15, 0.2) is 0 Å². The predicted octanol–water partition coefficient (Wildman–Crippen LogP) is 4.02. The molecule has 0 aliphatic carbocycles. The minimum Gasteiger partial charge on any atom is -0.394 e. The first-order chi connectivity index (χ1) is 10.2. The number of halogens is 1. The van der Waals surface area contributed by atoms with E-state index in [1.54, 1.807) is 0 Å². The van der Waals surface area contributed by atoms with Crippen molar-refractivity contribution in [1.29, 1.82) is 0 Å². The molecule has 0 atom stereocenters. The molecule has 0 amide bonds. The van der Waals surface area contributed by atoms with Crippen molar-refractivity contribution in [3.05, 3.63) is 0 Å². The summed E-state index contributed by atoms with van der Waals surface area (Å²) in [6.45, 7) is 12.9. The van der Waals surface area contributed by atoms with E-state index in [4.69, 9.17) is 14.9 Å². The van der Waals surface area contributed by atoms with E-state index in [0.717, 1.165) is 18.5 Å². The second-order valence-corrected chi connectivity index (χ2v) is 4.68. The summed E-state index contributed by atoms with van der Waals surface area (Å²) in [6, 6.07) is 0. The molecule has 134 valence electrons. The van der Waals surface area contributed by atoms with Gasteiger partial charge in [0.05, 0.1) is 26.4 Å². The van der Waals surface area contributed by atoms with Crippen LogP contribution in [0, 0.1) is 0 Å². The van der Waals surface area contributed by atoms with Crippen molar-refractivity contribution >= 4 is 15.9 Å². The van der Waals surface area contributed by atoms with Gasteiger partial charge in [0.15, 0.2) is 0 Å². The Morgan fingerprint density at radius 1 is 0.714 bits per heavy atom. The number of aliphatic hydroxyl groups is 2. The number of unbranched alkanes of at least 4 members (excludes halogenated alkanes) is 2. The SMILES string of the molecule is CCCC.CCCCBr.CCOCC.OCCOCCO. The molecule has 0 rings (SSSR count). The van der Waals surface area contributed by atoms with Gasteiger partial charge in [-0.25, -0.2) is 0 Å². The van der Waals surface area contributed by atoms with Gasteiger partial charge in [-0.15, -0.1) is 0 Å². The molecule has 0 unspecified atom stereocenters. The highest BCUT2D eigenvalue weighted by molar-refractivity contribution is 9.09. The second-order valence-electron chi connectivity index (χ2n) is 3.88. The Bertz CT molecular complexity index is 100. The maximum atomic E-state index is 8.09. The molecule has 0 bridgehead atoms. The lowest BCUT2D eigenvalue weighted by Crippen LogP contribution is -2.03. The van der Waals surface area contributed by atoms with Crippen molar-refractivity contribution < 1.29 is 19.7 Å². The molecule has 0 saturated carbocycles. The van der Waals surface area contributed by atoms with E-state index in [1.807, 2.05) is 13.8 Å². The van der Waals surface area contributed by atoms with Gasteiger partial charge in [0.2, 0.25) is 0 Å². The van der Waals surface area contributed by atoms with Gasteiger partial charge in [-0.05, 0) is 20.3 Å². The van der Waals surface area contributed by atoms with Crippen molar-refractivity contribution in [1.82, 2.24) is 0 Å². The van der Waals surface area contributed by atoms with E-state index in [0.29, 0.717) is 13.2 Å². The topological polar surface area (TPSA) is 58.9 Å². The quantitative estimate of drug-likeness (QED) is 0.472. The fourth-order valence-electron chi connectivity index (χ4n) is 0.569. The highest BCUT2D eigenvalue weighted by atomic mass is 79.9. The van der Waals surface area contributed by atoms with Gasteiger partial charge in [0, 0.05) is 18.5 Å². The zero-order valence-corrected chi connectivity index (χ0v) is 16.5. The first kappa shape index (κ1) is 29.3. The Labute approximate surface area is 141 Å². The molecular weight excluding hydrogens is 336 g/mol. The van der Waals surface area contributed by atoms with Crippen LogP contribution in [-0.2, 0) is 9.47 Å². The Hall–Kier alpha value is 0.320. The lowest BCUT2D eigenvalue weighted by Gasteiger charge is -1.94. The molecule has 0 heterocycles. The molecule has 0 spiro atoms. The third-order valence-electron chi connectivity index (χ3n) is 1.87. The molecule has 0 saturated heterocycles. The smallest absolute Gasteiger partial charge is 0.0698 e. The monoisotopic (exact) mass is 374 g/mol. The number of aliphatic hydroxyl groups excluding tert-OH is 2. The minimum atomic E-state index is 0.0278. The lowest BCUT2D eigenvalue weighted by atomic mass is 10.4. The second kappa shape index (κ2) is 42.7. The molecule has 0 aromatic rings. The molecule has 0 radical (unpaired) electrons. The highest BCUT2D eigenvalue weighted by Gasteiger charge is 1.79. The van der Waals surface area contributed by atoms with Crippen LogP contribution >= 0.6 is 15.9 Å². The van der Waals surface area contributed by atoms with E-state index in [1.165, 1.54) is 25.7 Å².